The molecule has 1 saturated heterocycles. The zero-order chi connectivity index (χ0) is 18.4. The number of nitrogens with one attached hydrogen (secondary N) is 1. The molecule has 0 unspecified atom stereocenters. The molecule has 0 saturated carbocycles. The average Bonchev–Trinajstić information content (AvgIpc) is 3.04. The molecule has 0 aliphatic carbocycles. The monoisotopic (exact) mass is 357 g/mol. The third-order valence-electron chi connectivity index (χ3n) is 4.47. The van der Waals surface area contributed by atoms with E-state index in [1.165, 1.54) is 5.57 Å². The Hall–Kier alpha value is -2.18. The first-order valence-corrected chi connectivity index (χ1v) is 9.16. The average molecular weight is 357 g/mol. The minimum atomic E-state index is -0.0986. The van der Waals surface area contributed by atoms with Crippen molar-refractivity contribution in [2.45, 2.75) is 45.3 Å². The van der Waals surface area contributed by atoms with Crippen molar-refractivity contribution >= 4 is 11.6 Å². The third kappa shape index (κ3) is 5.16. The van der Waals surface area contributed by atoms with Crippen LogP contribution in [0, 0.1) is 0 Å². The molecule has 2 atom stereocenters. The Morgan fingerprint density at radius 1 is 1.46 bits per heavy atom. The van der Waals surface area contributed by atoms with Crippen LogP contribution in [0.1, 0.15) is 32.4 Å². The Morgan fingerprint density at radius 2 is 2.35 bits per heavy atom. The number of carbonyl (C=O) groups excluding carboxylic acids is 1. The Bertz CT molecular complexity index is 732. The van der Waals surface area contributed by atoms with Crippen LogP contribution in [0.25, 0.3) is 5.65 Å². The van der Waals surface area contributed by atoms with Crippen molar-refractivity contribution < 1.29 is 14.3 Å². The van der Waals surface area contributed by atoms with Gasteiger partial charge >= 0.3 is 0 Å². The van der Waals surface area contributed by atoms with Gasteiger partial charge in [0.25, 0.3) is 0 Å². The summed E-state index contributed by atoms with van der Waals surface area (Å²) in [6.07, 6.45) is 7.70. The van der Waals surface area contributed by atoms with Crippen molar-refractivity contribution in [2.24, 2.45) is 0 Å². The predicted octanol–water partition coefficient (Wildman–Crippen LogP) is 2.52. The molecule has 6 heteroatoms. The molecule has 1 aliphatic rings. The number of allylic oxidation sites excluding steroid dienone is 1. The number of pyridine rings is 1. The lowest BCUT2D eigenvalue weighted by molar-refractivity contribution is -0.125. The van der Waals surface area contributed by atoms with Gasteiger partial charge in [0.1, 0.15) is 11.8 Å². The van der Waals surface area contributed by atoms with Crippen molar-refractivity contribution in [3.05, 3.63) is 47.9 Å². The van der Waals surface area contributed by atoms with Gasteiger partial charge < -0.3 is 19.2 Å². The number of imidazole rings is 1. The molecule has 1 amide bonds. The molecule has 1 fully saturated rings. The smallest absolute Gasteiger partial charge is 0.220 e. The van der Waals surface area contributed by atoms with Crippen LogP contribution in [-0.2, 0) is 20.7 Å². The lowest BCUT2D eigenvalue weighted by Gasteiger charge is -2.31. The van der Waals surface area contributed by atoms with E-state index in [1.807, 2.05) is 54.9 Å². The largest absolute Gasteiger partial charge is 0.379 e. The van der Waals surface area contributed by atoms with Gasteiger partial charge in [-0.15, -0.1) is 0 Å². The number of hydrogen-bond acceptors (Lipinski definition) is 4. The van der Waals surface area contributed by atoms with Gasteiger partial charge in [0.15, 0.2) is 0 Å². The van der Waals surface area contributed by atoms with Crippen LogP contribution >= 0.6 is 0 Å². The molecule has 2 aromatic rings. The predicted molar refractivity (Wildman–Crippen MR) is 100 cm³/mol. The summed E-state index contributed by atoms with van der Waals surface area (Å²) in [5.74, 6) is 0.0322. The van der Waals surface area contributed by atoms with Gasteiger partial charge in [-0.3, -0.25) is 4.79 Å². The Kier molecular flexibility index (Phi) is 6.41. The molecule has 26 heavy (non-hydrogen) atoms. The number of ether oxygens (including phenoxy) is 2. The van der Waals surface area contributed by atoms with Gasteiger partial charge in [0.2, 0.25) is 5.91 Å². The van der Waals surface area contributed by atoms with E-state index >= 15 is 0 Å². The first kappa shape index (κ1) is 18.6. The maximum absolute atomic E-state index is 12.4. The summed E-state index contributed by atoms with van der Waals surface area (Å²) in [6, 6.07) is 5.88. The van der Waals surface area contributed by atoms with Crippen LogP contribution in [-0.4, -0.2) is 47.3 Å². The molecule has 0 bridgehead atoms. The number of amides is 1. The number of carbonyl (C=O) groups is 1. The van der Waals surface area contributed by atoms with Crippen LogP contribution in [0.5, 0.6) is 0 Å². The summed E-state index contributed by atoms with van der Waals surface area (Å²) >= 11 is 0. The van der Waals surface area contributed by atoms with E-state index in [1.54, 1.807) is 0 Å². The van der Waals surface area contributed by atoms with E-state index in [0.29, 0.717) is 32.7 Å². The molecule has 3 heterocycles. The summed E-state index contributed by atoms with van der Waals surface area (Å²) in [6.45, 7) is 5.80. The Labute approximate surface area is 154 Å². The number of nitrogens with zero attached hydrogens (tertiary/aromatic N) is 2. The standard InChI is InChI=1S/C20H27N3O3/c1-15(2)8-12-26-18-14-25-11-9-17(18)22-20(24)7-6-16-13-23-10-4-3-5-19(23)21-16/h3-5,8,10,13,17-18H,6-7,9,11-12,14H2,1-2H3,(H,22,24)/t17-,18-/m1/s1. The molecule has 2 aromatic heterocycles. The van der Waals surface area contributed by atoms with Gasteiger partial charge in [-0.05, 0) is 38.8 Å². The summed E-state index contributed by atoms with van der Waals surface area (Å²) in [4.78, 5) is 16.9. The fraction of sp³-hybridized carbons (Fsp3) is 0.500. The van der Waals surface area contributed by atoms with Gasteiger partial charge in [0.05, 0.1) is 24.9 Å². The minimum absolute atomic E-state index is 0.00267. The van der Waals surface area contributed by atoms with Gasteiger partial charge in [-0.1, -0.05) is 17.7 Å². The zero-order valence-corrected chi connectivity index (χ0v) is 15.5. The Morgan fingerprint density at radius 3 is 3.15 bits per heavy atom. The van der Waals surface area contributed by atoms with Crippen LogP contribution in [0.3, 0.4) is 0 Å². The highest BCUT2D eigenvalue weighted by molar-refractivity contribution is 5.76. The summed E-state index contributed by atoms with van der Waals surface area (Å²) < 4.78 is 13.4. The van der Waals surface area contributed by atoms with E-state index in [-0.39, 0.29) is 18.1 Å². The van der Waals surface area contributed by atoms with Crippen molar-refractivity contribution in [1.82, 2.24) is 14.7 Å². The second kappa shape index (κ2) is 8.96. The van der Waals surface area contributed by atoms with Crippen molar-refractivity contribution in [2.75, 3.05) is 19.8 Å². The van der Waals surface area contributed by atoms with E-state index in [2.05, 4.69) is 10.3 Å². The van der Waals surface area contributed by atoms with E-state index in [4.69, 9.17) is 9.47 Å². The Balaban J connectivity index is 1.49. The molecule has 140 valence electrons. The number of aromatic nitrogens is 2. The topological polar surface area (TPSA) is 64.9 Å². The van der Waals surface area contributed by atoms with E-state index in [9.17, 15) is 4.79 Å². The number of rotatable bonds is 7. The lowest BCUT2D eigenvalue weighted by atomic mass is 10.1. The zero-order valence-electron chi connectivity index (χ0n) is 15.5. The molecule has 0 aromatic carbocycles. The molecular formula is C20H27N3O3. The van der Waals surface area contributed by atoms with Crippen molar-refractivity contribution in [3.63, 3.8) is 0 Å². The first-order chi connectivity index (χ1) is 12.6. The fourth-order valence-corrected chi connectivity index (χ4v) is 3.01. The van der Waals surface area contributed by atoms with Crippen molar-refractivity contribution in [3.8, 4) is 0 Å². The van der Waals surface area contributed by atoms with Gasteiger partial charge in [-0.25, -0.2) is 4.98 Å². The second-order valence-corrected chi connectivity index (χ2v) is 6.89. The first-order valence-electron chi connectivity index (χ1n) is 9.16. The summed E-state index contributed by atoms with van der Waals surface area (Å²) in [7, 11) is 0. The minimum Gasteiger partial charge on any atom is -0.379 e. The lowest BCUT2D eigenvalue weighted by Crippen LogP contribution is -2.50. The molecule has 0 radical (unpaired) electrons. The quantitative estimate of drug-likeness (QED) is 0.774. The van der Waals surface area contributed by atoms with Crippen LogP contribution in [0.4, 0.5) is 0 Å². The van der Waals surface area contributed by atoms with Crippen LogP contribution < -0.4 is 5.32 Å². The molecule has 6 nitrogen and oxygen atoms in total. The second-order valence-electron chi connectivity index (χ2n) is 6.89. The normalized spacial score (nSPS) is 20.1. The highest BCUT2D eigenvalue weighted by Gasteiger charge is 2.27. The van der Waals surface area contributed by atoms with Gasteiger partial charge in [-0.2, -0.15) is 0 Å². The van der Waals surface area contributed by atoms with E-state index < -0.39 is 0 Å². The van der Waals surface area contributed by atoms with E-state index in [0.717, 1.165) is 17.8 Å². The van der Waals surface area contributed by atoms with Crippen LogP contribution in [0.15, 0.2) is 42.2 Å². The maximum atomic E-state index is 12.4. The number of fused-ring (bicyclic) bond motifs is 1. The molecule has 1 N–H and O–H groups in total. The molecular weight excluding hydrogens is 330 g/mol. The molecule has 3 rings (SSSR count). The molecule has 0 spiro atoms. The van der Waals surface area contributed by atoms with Crippen molar-refractivity contribution in [1.29, 1.82) is 0 Å². The summed E-state index contributed by atoms with van der Waals surface area (Å²) in [5.41, 5.74) is 3.05. The van der Waals surface area contributed by atoms with Crippen LogP contribution in [0.2, 0.25) is 0 Å². The highest BCUT2D eigenvalue weighted by atomic mass is 16.5. The maximum Gasteiger partial charge on any atom is 0.220 e. The highest BCUT2D eigenvalue weighted by Crippen LogP contribution is 2.13. The molecule has 1 aliphatic heterocycles. The summed E-state index contributed by atoms with van der Waals surface area (Å²) in [5, 5.41) is 3.11. The SMILES string of the molecule is CC(C)=CCO[C@@H]1COCC[C@H]1NC(=O)CCc1cn2ccccc2n1. The number of hydrogen-bond donors (Lipinski definition) is 1. The third-order valence-corrected chi connectivity index (χ3v) is 4.47. The fourth-order valence-electron chi connectivity index (χ4n) is 3.01. The number of aryl methyl sites for hydroxylation is 1. The van der Waals surface area contributed by atoms with Gasteiger partial charge in [0, 0.05) is 25.4 Å².